The summed E-state index contributed by atoms with van der Waals surface area (Å²) in [6, 6.07) is 3.11. The van der Waals surface area contributed by atoms with Crippen LogP contribution in [0.1, 0.15) is 49.6 Å². The van der Waals surface area contributed by atoms with Gasteiger partial charge in [0, 0.05) is 0 Å². The summed E-state index contributed by atoms with van der Waals surface area (Å²) in [5.74, 6) is -0.0185. The van der Waals surface area contributed by atoms with Crippen LogP contribution in [0, 0.1) is 5.41 Å². The van der Waals surface area contributed by atoms with E-state index in [-0.39, 0.29) is 11.2 Å². The molecule has 16 heavy (non-hydrogen) atoms. The fraction of sp³-hybridized carbons (Fsp3) is 0.583. The molecule has 1 aromatic rings. The molecule has 0 amide bonds. The molecule has 1 unspecified atom stereocenters. The Labute approximate surface area is 95.2 Å². The molecule has 1 rings (SSSR count). The van der Waals surface area contributed by atoms with Crippen LogP contribution in [0.15, 0.2) is 16.5 Å². The number of esters is 1. The number of ether oxygens (including phenoxy) is 1. The monoisotopic (exact) mass is 226 g/mol. The molecule has 1 heterocycles. The average molecular weight is 226 g/mol. The highest BCUT2D eigenvalue weighted by Crippen LogP contribution is 2.30. The molecule has 4 heteroatoms. The molecule has 0 radical (unpaired) electrons. The summed E-state index contributed by atoms with van der Waals surface area (Å²) >= 11 is 0. The van der Waals surface area contributed by atoms with Crippen molar-refractivity contribution in [3.05, 3.63) is 23.7 Å². The summed E-state index contributed by atoms with van der Waals surface area (Å²) in [6.07, 6.45) is -0.125. The van der Waals surface area contributed by atoms with Gasteiger partial charge >= 0.3 is 5.97 Å². The second-order valence-electron chi connectivity index (χ2n) is 4.97. The molecule has 90 valence electrons. The van der Waals surface area contributed by atoms with Crippen molar-refractivity contribution < 1.29 is 19.1 Å². The Balaban J connectivity index is 2.74. The van der Waals surface area contributed by atoms with Gasteiger partial charge in [0.2, 0.25) is 5.76 Å². The normalized spacial score (nSPS) is 13.6. The summed E-state index contributed by atoms with van der Waals surface area (Å²) in [6.45, 7) is 6.08. The molecule has 1 aromatic heterocycles. The number of hydrogen-bond acceptors (Lipinski definition) is 4. The number of furan rings is 1. The van der Waals surface area contributed by atoms with Gasteiger partial charge in [0.25, 0.3) is 0 Å². The minimum Gasteiger partial charge on any atom is -0.463 e. The van der Waals surface area contributed by atoms with E-state index in [0.29, 0.717) is 12.2 Å². The molecular weight excluding hydrogens is 208 g/mol. The van der Waals surface area contributed by atoms with Gasteiger partial charge in [-0.3, -0.25) is 0 Å². The van der Waals surface area contributed by atoms with Crippen LogP contribution < -0.4 is 0 Å². The van der Waals surface area contributed by atoms with Gasteiger partial charge in [0.1, 0.15) is 11.9 Å². The maximum Gasteiger partial charge on any atom is 0.373 e. The van der Waals surface area contributed by atoms with Gasteiger partial charge < -0.3 is 14.3 Å². The zero-order valence-electron chi connectivity index (χ0n) is 10.1. The fourth-order valence-electron chi connectivity index (χ4n) is 1.42. The second-order valence-corrected chi connectivity index (χ2v) is 4.97. The van der Waals surface area contributed by atoms with Crippen LogP contribution in [0.25, 0.3) is 0 Å². The Kier molecular flexibility index (Phi) is 3.75. The minimum atomic E-state index is -0.696. The Hall–Kier alpha value is -1.29. The van der Waals surface area contributed by atoms with Gasteiger partial charge in [0.05, 0.1) is 7.11 Å². The molecule has 0 bridgehead atoms. The molecule has 0 aliphatic heterocycles. The highest BCUT2D eigenvalue weighted by molar-refractivity contribution is 5.86. The number of aliphatic hydroxyl groups is 1. The number of hydrogen-bond donors (Lipinski definition) is 1. The molecule has 0 aliphatic rings. The summed E-state index contributed by atoms with van der Waals surface area (Å²) in [5.41, 5.74) is -0.00235. The third-order valence-corrected chi connectivity index (χ3v) is 2.15. The zero-order valence-corrected chi connectivity index (χ0v) is 10.1. The largest absolute Gasteiger partial charge is 0.463 e. The molecule has 0 aromatic carbocycles. The first-order valence-corrected chi connectivity index (χ1v) is 5.19. The van der Waals surface area contributed by atoms with E-state index in [4.69, 9.17) is 4.42 Å². The SMILES string of the molecule is COC(=O)c1ccc(C(O)CC(C)(C)C)o1. The summed E-state index contributed by atoms with van der Waals surface area (Å²) < 4.78 is 9.74. The van der Waals surface area contributed by atoms with Crippen LogP contribution in [-0.4, -0.2) is 18.2 Å². The van der Waals surface area contributed by atoms with Crippen molar-refractivity contribution in [1.29, 1.82) is 0 Å². The summed E-state index contributed by atoms with van der Waals surface area (Å²) in [7, 11) is 1.29. The van der Waals surface area contributed by atoms with E-state index in [9.17, 15) is 9.90 Å². The first-order chi connectivity index (χ1) is 7.33. The Bertz CT molecular complexity index is 359. The van der Waals surface area contributed by atoms with Gasteiger partial charge in [0.15, 0.2) is 0 Å². The molecular formula is C12H18O4. The fourth-order valence-corrected chi connectivity index (χ4v) is 1.42. The van der Waals surface area contributed by atoms with Crippen molar-refractivity contribution in [2.45, 2.75) is 33.3 Å². The quantitative estimate of drug-likeness (QED) is 0.804. The van der Waals surface area contributed by atoms with Gasteiger partial charge in [-0.05, 0) is 24.0 Å². The number of carbonyl (C=O) groups excluding carboxylic acids is 1. The lowest BCUT2D eigenvalue weighted by molar-refractivity contribution is 0.0547. The van der Waals surface area contributed by atoms with Crippen LogP contribution in [0.2, 0.25) is 0 Å². The second kappa shape index (κ2) is 4.70. The maximum absolute atomic E-state index is 11.1. The summed E-state index contributed by atoms with van der Waals surface area (Å²) in [5, 5.41) is 9.88. The van der Waals surface area contributed by atoms with E-state index in [1.807, 2.05) is 20.8 Å². The molecule has 0 fully saturated rings. The number of aliphatic hydroxyl groups excluding tert-OH is 1. The lowest BCUT2D eigenvalue weighted by atomic mass is 9.88. The van der Waals surface area contributed by atoms with E-state index in [0.717, 1.165) is 0 Å². The summed E-state index contributed by atoms with van der Waals surface area (Å²) in [4.78, 5) is 11.1. The van der Waals surface area contributed by atoms with Crippen LogP contribution in [-0.2, 0) is 4.74 Å². The zero-order chi connectivity index (χ0) is 12.3. The van der Waals surface area contributed by atoms with Gasteiger partial charge in [-0.1, -0.05) is 20.8 Å². The molecule has 0 aliphatic carbocycles. The first-order valence-electron chi connectivity index (χ1n) is 5.19. The van der Waals surface area contributed by atoms with Gasteiger partial charge in [-0.15, -0.1) is 0 Å². The lowest BCUT2D eigenvalue weighted by Crippen LogP contribution is -2.11. The Morgan fingerprint density at radius 2 is 2.12 bits per heavy atom. The van der Waals surface area contributed by atoms with Crippen LogP contribution in [0.5, 0.6) is 0 Å². The van der Waals surface area contributed by atoms with Crippen molar-refractivity contribution in [1.82, 2.24) is 0 Å². The molecule has 0 spiro atoms. The van der Waals surface area contributed by atoms with Crippen molar-refractivity contribution in [2.75, 3.05) is 7.11 Å². The van der Waals surface area contributed by atoms with Crippen molar-refractivity contribution >= 4 is 5.97 Å². The third kappa shape index (κ3) is 3.38. The van der Waals surface area contributed by atoms with Gasteiger partial charge in [-0.25, -0.2) is 4.79 Å². The van der Waals surface area contributed by atoms with Crippen LogP contribution in [0.4, 0.5) is 0 Å². The number of carbonyl (C=O) groups is 1. The van der Waals surface area contributed by atoms with E-state index >= 15 is 0 Å². The van der Waals surface area contributed by atoms with E-state index in [2.05, 4.69) is 4.74 Å². The lowest BCUT2D eigenvalue weighted by Gasteiger charge is -2.20. The molecule has 1 atom stereocenters. The molecule has 0 saturated heterocycles. The van der Waals surface area contributed by atoms with Crippen molar-refractivity contribution in [3.8, 4) is 0 Å². The van der Waals surface area contributed by atoms with Crippen molar-refractivity contribution in [3.63, 3.8) is 0 Å². The smallest absolute Gasteiger partial charge is 0.373 e. The third-order valence-electron chi connectivity index (χ3n) is 2.15. The minimum absolute atomic E-state index is 0.00235. The Morgan fingerprint density at radius 1 is 1.50 bits per heavy atom. The van der Waals surface area contributed by atoms with Gasteiger partial charge in [-0.2, -0.15) is 0 Å². The Morgan fingerprint density at radius 3 is 2.62 bits per heavy atom. The predicted molar refractivity (Wildman–Crippen MR) is 59.1 cm³/mol. The van der Waals surface area contributed by atoms with E-state index in [1.165, 1.54) is 13.2 Å². The number of methoxy groups -OCH3 is 1. The van der Waals surface area contributed by atoms with E-state index < -0.39 is 12.1 Å². The highest BCUT2D eigenvalue weighted by atomic mass is 16.5. The standard InChI is InChI=1S/C12H18O4/c1-12(2,3)7-8(13)9-5-6-10(16-9)11(14)15-4/h5-6,8,13H,7H2,1-4H3. The average Bonchev–Trinajstić information content (AvgIpc) is 2.62. The maximum atomic E-state index is 11.1. The van der Waals surface area contributed by atoms with Crippen molar-refractivity contribution in [2.24, 2.45) is 5.41 Å². The molecule has 0 saturated carbocycles. The van der Waals surface area contributed by atoms with Crippen LogP contribution >= 0.6 is 0 Å². The van der Waals surface area contributed by atoms with E-state index in [1.54, 1.807) is 6.07 Å². The number of rotatable bonds is 3. The predicted octanol–water partition coefficient (Wildman–Crippen LogP) is 2.54. The topological polar surface area (TPSA) is 59.7 Å². The molecule has 1 N–H and O–H groups in total. The highest BCUT2D eigenvalue weighted by Gasteiger charge is 2.22. The van der Waals surface area contributed by atoms with Crippen LogP contribution in [0.3, 0.4) is 0 Å². The first kappa shape index (κ1) is 12.8. The molecule has 4 nitrogen and oxygen atoms in total.